The number of amides is 2. The monoisotopic (exact) mass is 372 g/mol. The third kappa shape index (κ3) is 3.07. The summed E-state index contributed by atoms with van der Waals surface area (Å²) in [5.41, 5.74) is 2.92. The van der Waals surface area contributed by atoms with Crippen molar-refractivity contribution in [3.05, 3.63) is 102 Å². The van der Waals surface area contributed by atoms with Crippen molar-refractivity contribution in [3.63, 3.8) is 0 Å². The van der Waals surface area contributed by atoms with Crippen LogP contribution in [0.15, 0.2) is 84.6 Å². The van der Waals surface area contributed by atoms with E-state index in [9.17, 15) is 14.0 Å². The smallest absolute Gasteiger partial charge is 0.282 e. The highest BCUT2D eigenvalue weighted by atomic mass is 19.1. The molecule has 1 heterocycles. The van der Waals surface area contributed by atoms with Crippen LogP contribution in [0, 0.1) is 12.7 Å². The molecule has 1 aliphatic heterocycles. The normalized spacial score (nSPS) is 14.0. The van der Waals surface area contributed by atoms with Gasteiger partial charge in [-0.25, -0.2) is 9.29 Å². The molecule has 28 heavy (non-hydrogen) atoms. The first-order valence-electron chi connectivity index (χ1n) is 8.83. The van der Waals surface area contributed by atoms with E-state index in [0.29, 0.717) is 5.56 Å². The lowest BCUT2D eigenvalue weighted by molar-refractivity contribution is -0.120. The quantitative estimate of drug-likeness (QED) is 0.685. The number of imide groups is 1. The Kier molecular flexibility index (Phi) is 4.49. The molecule has 0 unspecified atom stereocenters. The van der Waals surface area contributed by atoms with Gasteiger partial charge in [0, 0.05) is 5.69 Å². The number of hydrogen-bond acceptors (Lipinski definition) is 3. The second kappa shape index (κ2) is 7.12. The van der Waals surface area contributed by atoms with Crippen LogP contribution < -0.4 is 10.2 Å². The first-order chi connectivity index (χ1) is 13.6. The van der Waals surface area contributed by atoms with Gasteiger partial charge in [0.1, 0.15) is 11.5 Å². The maximum Gasteiger partial charge on any atom is 0.282 e. The Hall–Kier alpha value is -3.73. The fourth-order valence-electron chi connectivity index (χ4n) is 3.22. The van der Waals surface area contributed by atoms with Crippen molar-refractivity contribution in [2.75, 3.05) is 10.2 Å². The minimum atomic E-state index is -0.516. The van der Waals surface area contributed by atoms with Gasteiger partial charge in [-0.05, 0) is 42.3 Å². The summed E-state index contributed by atoms with van der Waals surface area (Å²) in [6.45, 7) is 1.91. The summed E-state index contributed by atoms with van der Waals surface area (Å²) in [7, 11) is 0. The second-order valence-electron chi connectivity index (χ2n) is 6.48. The van der Waals surface area contributed by atoms with Crippen LogP contribution in [0.4, 0.5) is 15.8 Å². The van der Waals surface area contributed by atoms with Gasteiger partial charge in [0.2, 0.25) is 0 Å². The van der Waals surface area contributed by atoms with Crippen LogP contribution >= 0.6 is 0 Å². The summed E-state index contributed by atoms with van der Waals surface area (Å²) in [5, 5.41) is 3.13. The van der Waals surface area contributed by atoms with Gasteiger partial charge in [-0.15, -0.1) is 0 Å². The summed E-state index contributed by atoms with van der Waals surface area (Å²) in [5.74, 6) is -1.52. The van der Waals surface area contributed by atoms with Crippen LogP contribution in [-0.4, -0.2) is 11.8 Å². The van der Waals surface area contributed by atoms with Crippen molar-refractivity contribution in [2.24, 2.45) is 0 Å². The molecule has 0 aromatic heterocycles. The van der Waals surface area contributed by atoms with Crippen LogP contribution in [-0.2, 0) is 9.59 Å². The van der Waals surface area contributed by atoms with Crippen molar-refractivity contribution >= 4 is 28.8 Å². The van der Waals surface area contributed by atoms with Gasteiger partial charge < -0.3 is 5.32 Å². The number of nitrogens with zero attached hydrogens (tertiary/aromatic N) is 1. The van der Waals surface area contributed by atoms with E-state index in [1.165, 1.54) is 24.3 Å². The Morgan fingerprint density at radius 2 is 1.54 bits per heavy atom. The highest BCUT2D eigenvalue weighted by molar-refractivity contribution is 6.46. The number of hydrogen-bond donors (Lipinski definition) is 1. The fraction of sp³-hybridized carbons (Fsp3) is 0.0435. The molecule has 0 fully saturated rings. The third-order valence-corrected chi connectivity index (χ3v) is 4.62. The molecule has 2 amide bonds. The zero-order valence-electron chi connectivity index (χ0n) is 15.1. The highest BCUT2D eigenvalue weighted by Gasteiger charge is 2.40. The molecule has 4 rings (SSSR count). The summed E-state index contributed by atoms with van der Waals surface area (Å²) in [6, 6.07) is 21.9. The predicted octanol–water partition coefficient (Wildman–Crippen LogP) is 4.53. The number of aryl methyl sites for hydroxylation is 1. The summed E-state index contributed by atoms with van der Waals surface area (Å²) < 4.78 is 13.7. The van der Waals surface area contributed by atoms with E-state index in [0.717, 1.165) is 16.2 Å². The molecule has 0 bridgehead atoms. The maximum absolute atomic E-state index is 13.7. The molecular formula is C23H17FN2O2. The lowest BCUT2D eigenvalue weighted by atomic mass is 10.0. The SMILES string of the molecule is Cc1ccccc1NC1=C(c2ccccc2)C(=O)N(c2cccc(F)c2)C1=O. The van der Waals surface area contributed by atoms with Crippen molar-refractivity contribution in [3.8, 4) is 0 Å². The third-order valence-electron chi connectivity index (χ3n) is 4.62. The highest BCUT2D eigenvalue weighted by Crippen LogP contribution is 2.34. The number of nitrogens with one attached hydrogen (secondary N) is 1. The summed E-state index contributed by atoms with van der Waals surface area (Å²) in [6.07, 6.45) is 0. The molecule has 0 spiro atoms. The van der Waals surface area contributed by atoms with Crippen molar-refractivity contribution in [1.82, 2.24) is 0 Å². The molecule has 0 saturated heterocycles. The lowest BCUT2D eigenvalue weighted by Crippen LogP contribution is -2.32. The van der Waals surface area contributed by atoms with Crippen LogP contribution in [0.5, 0.6) is 0 Å². The molecule has 3 aromatic rings. The molecule has 0 saturated carbocycles. The number of carbonyl (C=O) groups excluding carboxylic acids is 2. The molecule has 1 N–H and O–H groups in total. The number of anilines is 2. The fourth-order valence-corrected chi connectivity index (χ4v) is 3.22. The topological polar surface area (TPSA) is 49.4 Å². The largest absolute Gasteiger partial charge is 0.350 e. The minimum absolute atomic E-state index is 0.176. The first-order valence-corrected chi connectivity index (χ1v) is 8.83. The average Bonchev–Trinajstić information content (AvgIpc) is 2.94. The Balaban J connectivity index is 1.84. The van der Waals surface area contributed by atoms with Gasteiger partial charge in [0.15, 0.2) is 0 Å². The molecule has 0 aliphatic carbocycles. The number of benzene rings is 3. The molecular weight excluding hydrogens is 355 g/mol. The van der Waals surface area contributed by atoms with Crippen LogP contribution in [0.25, 0.3) is 5.57 Å². The van der Waals surface area contributed by atoms with E-state index in [2.05, 4.69) is 5.32 Å². The Morgan fingerprint density at radius 1 is 0.821 bits per heavy atom. The van der Waals surface area contributed by atoms with Crippen molar-refractivity contribution < 1.29 is 14.0 Å². The van der Waals surface area contributed by atoms with Crippen LogP contribution in [0.3, 0.4) is 0 Å². The number of halogens is 1. The van der Waals surface area contributed by atoms with E-state index < -0.39 is 17.6 Å². The van der Waals surface area contributed by atoms with E-state index in [4.69, 9.17) is 0 Å². The van der Waals surface area contributed by atoms with Gasteiger partial charge in [0.05, 0.1) is 11.3 Å². The summed E-state index contributed by atoms with van der Waals surface area (Å²) >= 11 is 0. The van der Waals surface area contributed by atoms with Crippen LogP contribution in [0.2, 0.25) is 0 Å². The zero-order chi connectivity index (χ0) is 19.7. The lowest BCUT2D eigenvalue weighted by Gasteiger charge is -2.15. The average molecular weight is 372 g/mol. The molecule has 5 heteroatoms. The minimum Gasteiger partial charge on any atom is -0.350 e. The maximum atomic E-state index is 13.7. The van der Waals surface area contributed by atoms with E-state index >= 15 is 0 Å². The van der Waals surface area contributed by atoms with Gasteiger partial charge in [-0.2, -0.15) is 0 Å². The first kappa shape index (κ1) is 17.7. The Morgan fingerprint density at radius 3 is 2.25 bits per heavy atom. The molecule has 138 valence electrons. The molecule has 0 radical (unpaired) electrons. The Bertz CT molecular complexity index is 1110. The molecule has 3 aromatic carbocycles. The Labute approximate surface area is 161 Å². The predicted molar refractivity (Wildman–Crippen MR) is 107 cm³/mol. The van der Waals surface area contributed by atoms with Crippen LogP contribution in [0.1, 0.15) is 11.1 Å². The van der Waals surface area contributed by atoms with Crippen molar-refractivity contribution in [2.45, 2.75) is 6.92 Å². The van der Waals surface area contributed by atoms with Gasteiger partial charge in [-0.1, -0.05) is 54.6 Å². The van der Waals surface area contributed by atoms with E-state index in [-0.39, 0.29) is 17.0 Å². The standard InChI is InChI=1S/C23H17FN2O2/c1-15-8-5-6-13-19(15)25-21-20(16-9-3-2-4-10-16)22(27)26(23(21)28)18-12-7-11-17(24)14-18/h2-14,25H,1H3. The van der Waals surface area contributed by atoms with Gasteiger partial charge in [0.25, 0.3) is 11.8 Å². The van der Waals surface area contributed by atoms with Gasteiger partial charge in [-0.3, -0.25) is 9.59 Å². The molecule has 0 atom stereocenters. The number of carbonyl (C=O) groups is 2. The zero-order valence-corrected chi connectivity index (χ0v) is 15.1. The van der Waals surface area contributed by atoms with Gasteiger partial charge >= 0.3 is 0 Å². The van der Waals surface area contributed by atoms with E-state index in [1.54, 1.807) is 24.3 Å². The van der Waals surface area contributed by atoms with Crippen molar-refractivity contribution in [1.29, 1.82) is 0 Å². The molecule has 1 aliphatic rings. The number of rotatable bonds is 4. The summed E-state index contributed by atoms with van der Waals surface area (Å²) in [4.78, 5) is 27.4. The van der Waals surface area contributed by atoms with E-state index in [1.807, 2.05) is 37.3 Å². The second-order valence-corrected chi connectivity index (χ2v) is 6.48. The molecule has 4 nitrogen and oxygen atoms in total. The number of para-hydroxylation sites is 1.